The highest BCUT2D eigenvalue weighted by Gasteiger charge is 2.51. The lowest BCUT2D eigenvalue weighted by molar-refractivity contribution is -0.165. The van der Waals surface area contributed by atoms with E-state index < -0.39 is 17.7 Å². The van der Waals surface area contributed by atoms with Crippen molar-refractivity contribution in [2.45, 2.75) is 57.5 Å². The molecule has 0 spiro atoms. The Labute approximate surface area is 153 Å². The molecular formula is C20H27NO5. The van der Waals surface area contributed by atoms with Gasteiger partial charge in [-0.3, -0.25) is 4.79 Å². The van der Waals surface area contributed by atoms with Crippen molar-refractivity contribution in [3.63, 3.8) is 0 Å². The zero-order valence-electron chi connectivity index (χ0n) is 15.7. The van der Waals surface area contributed by atoms with Crippen molar-refractivity contribution in [1.29, 1.82) is 0 Å². The quantitative estimate of drug-likeness (QED) is 0.720. The van der Waals surface area contributed by atoms with Crippen LogP contribution >= 0.6 is 0 Å². The number of fused-ring (bicyclic) bond motifs is 1. The molecule has 1 heterocycles. The van der Waals surface area contributed by atoms with Crippen molar-refractivity contribution >= 4 is 5.91 Å². The summed E-state index contributed by atoms with van der Waals surface area (Å²) in [5, 5.41) is 23.9. The van der Waals surface area contributed by atoms with Gasteiger partial charge in [0.15, 0.2) is 11.5 Å². The minimum atomic E-state index is -0.712. The van der Waals surface area contributed by atoms with Gasteiger partial charge in [-0.1, -0.05) is 12.1 Å². The van der Waals surface area contributed by atoms with Crippen LogP contribution in [0.25, 0.3) is 0 Å². The van der Waals surface area contributed by atoms with Crippen LogP contribution in [0.5, 0.6) is 11.5 Å². The van der Waals surface area contributed by atoms with E-state index in [0.29, 0.717) is 12.2 Å². The van der Waals surface area contributed by atoms with Gasteiger partial charge in [-0.05, 0) is 43.5 Å². The third-order valence-electron chi connectivity index (χ3n) is 5.65. The molecular weight excluding hydrogens is 334 g/mol. The van der Waals surface area contributed by atoms with Gasteiger partial charge in [0.25, 0.3) is 0 Å². The van der Waals surface area contributed by atoms with Gasteiger partial charge in [-0.2, -0.15) is 0 Å². The fourth-order valence-electron chi connectivity index (χ4n) is 4.26. The molecule has 1 amide bonds. The number of aliphatic hydroxyl groups excluding tert-OH is 1. The maximum atomic E-state index is 11.8. The molecule has 6 heteroatoms. The normalized spacial score (nSPS) is 33.8. The topological polar surface area (TPSA) is 88.0 Å². The molecule has 6 nitrogen and oxygen atoms in total. The van der Waals surface area contributed by atoms with Crippen molar-refractivity contribution in [2.75, 3.05) is 7.11 Å². The Bertz CT molecular complexity index is 731. The number of ether oxygens (including phenoxy) is 2. The predicted octanol–water partition coefficient (Wildman–Crippen LogP) is 2.45. The van der Waals surface area contributed by atoms with Gasteiger partial charge >= 0.3 is 0 Å². The van der Waals surface area contributed by atoms with Crippen LogP contribution in [0.2, 0.25) is 0 Å². The molecule has 1 fully saturated rings. The molecule has 3 N–H and O–H groups in total. The SMILES string of the molecule is COc1ccc([C@@H]2C[C@](C)(NC(C)=O)[C@@H]3CC=C(C)[C@@H](O)[C@@H]3O2)cc1O. The highest BCUT2D eigenvalue weighted by Crippen LogP contribution is 2.47. The molecule has 1 aliphatic heterocycles. The summed E-state index contributed by atoms with van der Waals surface area (Å²) in [6.07, 6.45) is 1.83. The molecule has 0 saturated carbocycles. The average Bonchev–Trinajstić information content (AvgIpc) is 2.57. The number of rotatable bonds is 3. The Balaban J connectivity index is 1.97. The van der Waals surface area contributed by atoms with Gasteiger partial charge in [0.05, 0.1) is 19.3 Å². The summed E-state index contributed by atoms with van der Waals surface area (Å²) < 4.78 is 11.4. The summed E-state index contributed by atoms with van der Waals surface area (Å²) >= 11 is 0. The van der Waals surface area contributed by atoms with Crippen LogP contribution in [0.15, 0.2) is 29.8 Å². The number of phenols is 1. The van der Waals surface area contributed by atoms with Crippen molar-refractivity contribution < 1.29 is 24.5 Å². The number of hydrogen-bond acceptors (Lipinski definition) is 5. The smallest absolute Gasteiger partial charge is 0.217 e. The first-order chi connectivity index (χ1) is 12.2. The Hall–Kier alpha value is -2.05. The molecule has 1 saturated heterocycles. The van der Waals surface area contributed by atoms with E-state index in [0.717, 1.165) is 17.6 Å². The van der Waals surface area contributed by atoms with Crippen LogP contribution in [-0.4, -0.2) is 41.0 Å². The summed E-state index contributed by atoms with van der Waals surface area (Å²) in [6, 6.07) is 5.16. The number of aliphatic hydroxyl groups is 1. The lowest BCUT2D eigenvalue weighted by atomic mass is 9.68. The molecule has 0 radical (unpaired) electrons. The Morgan fingerprint density at radius 2 is 2.15 bits per heavy atom. The van der Waals surface area contributed by atoms with E-state index in [-0.39, 0.29) is 23.7 Å². The monoisotopic (exact) mass is 361 g/mol. The van der Waals surface area contributed by atoms with E-state index in [9.17, 15) is 15.0 Å². The Kier molecular flexibility index (Phi) is 4.99. The fourth-order valence-corrected chi connectivity index (χ4v) is 4.26. The van der Waals surface area contributed by atoms with Crippen LogP contribution in [0, 0.1) is 5.92 Å². The number of allylic oxidation sites excluding steroid dienone is 1. The summed E-state index contributed by atoms with van der Waals surface area (Å²) in [7, 11) is 1.50. The Morgan fingerprint density at radius 1 is 1.42 bits per heavy atom. The molecule has 0 unspecified atom stereocenters. The maximum Gasteiger partial charge on any atom is 0.217 e. The van der Waals surface area contributed by atoms with Gasteiger partial charge in [0.1, 0.15) is 6.10 Å². The zero-order valence-corrected chi connectivity index (χ0v) is 15.7. The second-order valence-corrected chi connectivity index (χ2v) is 7.56. The molecule has 2 aliphatic rings. The first kappa shape index (κ1) is 18.7. The number of carbonyl (C=O) groups is 1. The van der Waals surface area contributed by atoms with E-state index in [2.05, 4.69) is 5.32 Å². The number of carbonyl (C=O) groups excluding carboxylic acids is 1. The van der Waals surface area contributed by atoms with Crippen LogP contribution in [0.3, 0.4) is 0 Å². The largest absolute Gasteiger partial charge is 0.504 e. The molecule has 142 valence electrons. The van der Waals surface area contributed by atoms with E-state index in [1.807, 2.05) is 26.0 Å². The number of methoxy groups -OCH3 is 1. The van der Waals surface area contributed by atoms with Crippen LogP contribution < -0.4 is 10.1 Å². The summed E-state index contributed by atoms with van der Waals surface area (Å²) in [4.78, 5) is 11.8. The van der Waals surface area contributed by atoms with Crippen LogP contribution in [-0.2, 0) is 9.53 Å². The van der Waals surface area contributed by atoms with E-state index in [4.69, 9.17) is 9.47 Å². The fraction of sp³-hybridized carbons (Fsp3) is 0.550. The van der Waals surface area contributed by atoms with Gasteiger partial charge in [-0.25, -0.2) is 0 Å². The highest BCUT2D eigenvalue weighted by atomic mass is 16.5. The van der Waals surface area contributed by atoms with Gasteiger partial charge < -0.3 is 25.0 Å². The summed E-state index contributed by atoms with van der Waals surface area (Å²) in [5.74, 6) is 0.305. The van der Waals surface area contributed by atoms with Crippen molar-refractivity contribution in [1.82, 2.24) is 5.32 Å². The van der Waals surface area contributed by atoms with E-state index in [1.165, 1.54) is 14.0 Å². The van der Waals surface area contributed by atoms with Gasteiger partial charge in [0.2, 0.25) is 5.91 Å². The number of phenolic OH excluding ortho intramolecular Hbond substituents is 1. The average molecular weight is 361 g/mol. The van der Waals surface area contributed by atoms with Crippen LogP contribution in [0.1, 0.15) is 45.3 Å². The van der Waals surface area contributed by atoms with Crippen molar-refractivity contribution in [3.05, 3.63) is 35.4 Å². The lowest BCUT2D eigenvalue weighted by Crippen LogP contribution is -2.62. The van der Waals surface area contributed by atoms with E-state index >= 15 is 0 Å². The molecule has 3 rings (SSSR count). The molecule has 0 aromatic heterocycles. The van der Waals surface area contributed by atoms with E-state index in [1.54, 1.807) is 12.1 Å². The third kappa shape index (κ3) is 3.31. The first-order valence-corrected chi connectivity index (χ1v) is 8.91. The molecule has 0 bridgehead atoms. The molecule has 5 atom stereocenters. The number of benzene rings is 1. The Morgan fingerprint density at radius 3 is 2.77 bits per heavy atom. The second-order valence-electron chi connectivity index (χ2n) is 7.56. The van der Waals surface area contributed by atoms with Gasteiger partial charge in [0, 0.05) is 24.8 Å². The number of aromatic hydroxyl groups is 1. The maximum absolute atomic E-state index is 11.8. The molecule has 1 aromatic rings. The minimum absolute atomic E-state index is 0.0202. The standard InChI is InChI=1S/C20H27NO5/c1-11-5-7-14-19(18(11)24)26-17(10-20(14,3)21-12(2)22)13-6-8-16(25-4)15(23)9-13/h5-6,8-9,14,17-19,23-24H,7,10H2,1-4H3,(H,21,22)/t14-,17+,18-,19-,20+/m1/s1. The molecule has 26 heavy (non-hydrogen) atoms. The van der Waals surface area contributed by atoms with Gasteiger partial charge in [-0.15, -0.1) is 0 Å². The summed E-state index contributed by atoms with van der Waals surface area (Å²) in [5.41, 5.74) is 1.15. The highest BCUT2D eigenvalue weighted by molar-refractivity contribution is 5.74. The molecule has 1 aliphatic carbocycles. The van der Waals surface area contributed by atoms with Crippen LogP contribution in [0.4, 0.5) is 0 Å². The number of amides is 1. The second kappa shape index (κ2) is 6.93. The zero-order chi connectivity index (χ0) is 19.1. The van der Waals surface area contributed by atoms with Crippen molar-refractivity contribution in [3.8, 4) is 11.5 Å². The number of hydrogen-bond donors (Lipinski definition) is 3. The molecule has 1 aromatic carbocycles. The van der Waals surface area contributed by atoms with Crippen molar-refractivity contribution in [2.24, 2.45) is 5.92 Å². The predicted molar refractivity (Wildman–Crippen MR) is 97.0 cm³/mol. The first-order valence-electron chi connectivity index (χ1n) is 8.91. The minimum Gasteiger partial charge on any atom is -0.504 e. The summed E-state index contributed by atoms with van der Waals surface area (Å²) in [6.45, 7) is 5.40. The third-order valence-corrected chi connectivity index (χ3v) is 5.65. The number of nitrogens with one attached hydrogen (secondary N) is 1. The lowest BCUT2D eigenvalue weighted by Gasteiger charge is -2.52.